The van der Waals surface area contributed by atoms with Crippen molar-refractivity contribution in [1.82, 2.24) is 5.32 Å². The van der Waals surface area contributed by atoms with E-state index in [4.69, 9.17) is 23.7 Å². The lowest BCUT2D eigenvalue weighted by molar-refractivity contribution is -0.156. The number of aliphatic hydroxyl groups is 1. The Labute approximate surface area is 288 Å². The van der Waals surface area contributed by atoms with Crippen molar-refractivity contribution < 1.29 is 28.8 Å². The van der Waals surface area contributed by atoms with Crippen LogP contribution in [0.5, 0.6) is 0 Å². The van der Waals surface area contributed by atoms with Crippen molar-refractivity contribution in [3.8, 4) is 0 Å². The monoisotopic (exact) mass is 662 g/mol. The molecule has 0 aliphatic heterocycles. The molecule has 2 unspecified atom stereocenters. The van der Waals surface area contributed by atoms with Gasteiger partial charge in [0.05, 0.1) is 26.4 Å². The minimum absolute atomic E-state index is 0. The maximum Gasteiger partial charge on any atom is 0.213 e. The van der Waals surface area contributed by atoms with Gasteiger partial charge in [0.15, 0.2) is 0 Å². The molecule has 7 heteroatoms. The van der Waals surface area contributed by atoms with Crippen LogP contribution >= 0.6 is 0 Å². The molecule has 0 aliphatic rings. The molecular formula is C39H83NO6. The molecule has 0 amide bonds. The van der Waals surface area contributed by atoms with Crippen molar-refractivity contribution >= 4 is 0 Å². The first-order chi connectivity index (χ1) is 22.2. The van der Waals surface area contributed by atoms with Gasteiger partial charge in [0.2, 0.25) is 6.41 Å². The molecule has 0 radical (unpaired) electrons. The number of hydrogen-bond acceptors (Lipinski definition) is 7. The lowest BCUT2D eigenvalue weighted by Crippen LogP contribution is -2.37. The van der Waals surface area contributed by atoms with Crippen LogP contribution < -0.4 is 5.32 Å². The van der Waals surface area contributed by atoms with E-state index < -0.39 is 6.41 Å². The molecule has 0 aromatic carbocycles. The van der Waals surface area contributed by atoms with Gasteiger partial charge in [-0.2, -0.15) is 0 Å². The van der Waals surface area contributed by atoms with E-state index in [0.29, 0.717) is 39.6 Å². The van der Waals surface area contributed by atoms with Gasteiger partial charge in [-0.25, -0.2) is 0 Å². The summed E-state index contributed by atoms with van der Waals surface area (Å²) in [5.74, 6) is 0. The second-order valence-electron chi connectivity index (χ2n) is 12.9. The quantitative estimate of drug-likeness (QED) is 0.0500. The minimum Gasteiger partial charge on any atom is -0.382 e. The van der Waals surface area contributed by atoms with E-state index in [-0.39, 0.29) is 13.5 Å². The summed E-state index contributed by atoms with van der Waals surface area (Å²) < 4.78 is 28.2. The average Bonchev–Trinajstić information content (AvgIpc) is 3.05. The summed E-state index contributed by atoms with van der Waals surface area (Å²) in [6, 6.07) is 0. The lowest BCUT2D eigenvalue weighted by Gasteiger charge is -2.21. The molecule has 0 spiro atoms. The summed E-state index contributed by atoms with van der Waals surface area (Å²) in [7, 11) is 1.67. The predicted octanol–water partition coefficient (Wildman–Crippen LogP) is 10.4. The van der Waals surface area contributed by atoms with Crippen LogP contribution in [0.25, 0.3) is 0 Å². The van der Waals surface area contributed by atoms with E-state index >= 15 is 0 Å². The number of rotatable bonds is 40. The van der Waals surface area contributed by atoms with Gasteiger partial charge < -0.3 is 28.8 Å². The van der Waals surface area contributed by atoms with E-state index in [9.17, 15) is 5.11 Å². The molecular weight excluding hydrogens is 578 g/mol. The van der Waals surface area contributed by atoms with E-state index in [2.05, 4.69) is 19.2 Å². The van der Waals surface area contributed by atoms with Gasteiger partial charge in [-0.05, 0) is 19.3 Å². The highest BCUT2D eigenvalue weighted by molar-refractivity contribution is 4.58. The van der Waals surface area contributed by atoms with E-state index in [1.165, 1.54) is 141 Å². The Hall–Kier alpha value is -0.280. The SMILES string of the molecule is C.CCCCCCCCCCCCCCOCC(COC(O)NCCCOCCOC)OCCCCCCCCCCCCCC. The first-order valence-corrected chi connectivity index (χ1v) is 19.5. The van der Waals surface area contributed by atoms with Crippen LogP contribution in [0.4, 0.5) is 0 Å². The second-order valence-corrected chi connectivity index (χ2v) is 12.9. The normalized spacial score (nSPS) is 12.8. The van der Waals surface area contributed by atoms with Crippen LogP contribution in [0, 0.1) is 0 Å². The molecule has 2 N–H and O–H groups in total. The molecule has 0 aromatic rings. The number of nitrogens with one attached hydrogen (secondary N) is 1. The summed E-state index contributed by atoms with van der Waals surface area (Å²) in [5, 5.41) is 13.2. The minimum atomic E-state index is -1.02. The van der Waals surface area contributed by atoms with Gasteiger partial charge in [-0.15, -0.1) is 0 Å². The molecule has 0 rings (SSSR count). The Morgan fingerprint density at radius 2 is 0.891 bits per heavy atom. The molecule has 2 atom stereocenters. The number of aliphatic hydroxyl groups excluding tert-OH is 1. The fraction of sp³-hybridized carbons (Fsp3) is 1.00. The average molecular weight is 662 g/mol. The third kappa shape index (κ3) is 39.9. The zero-order valence-electron chi connectivity index (χ0n) is 30.5. The maximum atomic E-state index is 10.2. The molecule has 0 aliphatic carbocycles. The van der Waals surface area contributed by atoms with Crippen molar-refractivity contribution in [2.24, 2.45) is 0 Å². The molecule has 280 valence electrons. The van der Waals surface area contributed by atoms with Gasteiger partial charge >= 0.3 is 0 Å². The van der Waals surface area contributed by atoms with Gasteiger partial charge in [0.25, 0.3) is 0 Å². The number of methoxy groups -OCH3 is 1. The highest BCUT2D eigenvalue weighted by Gasteiger charge is 2.13. The molecule has 46 heavy (non-hydrogen) atoms. The van der Waals surface area contributed by atoms with Crippen LogP contribution in [-0.4, -0.2) is 77.5 Å². The molecule has 0 saturated heterocycles. The second kappa shape index (κ2) is 42.7. The summed E-state index contributed by atoms with van der Waals surface area (Å²) >= 11 is 0. The molecule has 0 heterocycles. The summed E-state index contributed by atoms with van der Waals surface area (Å²) in [6.07, 6.45) is 31.7. The largest absolute Gasteiger partial charge is 0.382 e. The van der Waals surface area contributed by atoms with Gasteiger partial charge in [-0.3, -0.25) is 5.32 Å². The summed E-state index contributed by atoms with van der Waals surface area (Å²) in [5.41, 5.74) is 0. The van der Waals surface area contributed by atoms with Crippen LogP contribution in [0.2, 0.25) is 0 Å². The third-order valence-corrected chi connectivity index (χ3v) is 8.45. The Bertz CT molecular complexity index is 527. The van der Waals surface area contributed by atoms with Crippen LogP contribution in [0.1, 0.15) is 182 Å². The zero-order chi connectivity index (χ0) is 32.7. The first kappa shape index (κ1) is 47.8. The molecule has 0 bridgehead atoms. The Morgan fingerprint density at radius 3 is 1.37 bits per heavy atom. The van der Waals surface area contributed by atoms with Crippen molar-refractivity contribution in [2.45, 2.75) is 194 Å². The van der Waals surface area contributed by atoms with Crippen LogP contribution in [-0.2, 0) is 23.7 Å². The topological polar surface area (TPSA) is 78.4 Å². The third-order valence-electron chi connectivity index (χ3n) is 8.45. The van der Waals surface area contributed by atoms with E-state index in [0.717, 1.165) is 32.5 Å². The Balaban J connectivity index is 0. The highest BCUT2D eigenvalue weighted by Crippen LogP contribution is 2.13. The summed E-state index contributed by atoms with van der Waals surface area (Å²) in [6.45, 7) is 9.30. The van der Waals surface area contributed by atoms with Crippen molar-refractivity contribution in [3.63, 3.8) is 0 Å². The highest BCUT2D eigenvalue weighted by atomic mass is 16.6. The lowest BCUT2D eigenvalue weighted by atomic mass is 10.1. The van der Waals surface area contributed by atoms with Gasteiger partial charge in [0, 0.05) is 33.5 Å². The smallest absolute Gasteiger partial charge is 0.213 e. The number of hydrogen-bond donors (Lipinski definition) is 2. The molecule has 7 nitrogen and oxygen atoms in total. The van der Waals surface area contributed by atoms with Crippen LogP contribution in [0.15, 0.2) is 0 Å². The first-order valence-electron chi connectivity index (χ1n) is 19.5. The number of unbranched alkanes of at least 4 members (excludes halogenated alkanes) is 22. The Morgan fingerprint density at radius 1 is 0.457 bits per heavy atom. The zero-order valence-corrected chi connectivity index (χ0v) is 30.5. The fourth-order valence-corrected chi connectivity index (χ4v) is 5.50. The van der Waals surface area contributed by atoms with Gasteiger partial charge in [0.1, 0.15) is 6.10 Å². The molecule has 0 saturated carbocycles. The number of ether oxygens (including phenoxy) is 5. The Kier molecular flexibility index (Phi) is 44.4. The standard InChI is InChI=1S/C38H79NO6.CH4/c1-4-6-8-10-12-14-16-18-20-22-24-26-30-43-35-37(36-45-38(40)39-29-28-31-42-34-33-41-3)44-32-27-25-23-21-19-17-15-13-11-9-7-5-2;/h37-40H,4-36H2,1-3H3;1H4. The van der Waals surface area contributed by atoms with Crippen LogP contribution in [0.3, 0.4) is 0 Å². The van der Waals surface area contributed by atoms with E-state index in [1.54, 1.807) is 7.11 Å². The van der Waals surface area contributed by atoms with Gasteiger partial charge in [-0.1, -0.05) is 163 Å². The van der Waals surface area contributed by atoms with Crippen molar-refractivity contribution in [2.75, 3.05) is 59.9 Å². The van der Waals surface area contributed by atoms with Crippen molar-refractivity contribution in [3.05, 3.63) is 0 Å². The molecule has 0 fully saturated rings. The van der Waals surface area contributed by atoms with E-state index in [1.807, 2.05) is 0 Å². The molecule has 0 aromatic heterocycles. The summed E-state index contributed by atoms with van der Waals surface area (Å²) in [4.78, 5) is 0. The predicted molar refractivity (Wildman–Crippen MR) is 197 cm³/mol. The van der Waals surface area contributed by atoms with Crippen molar-refractivity contribution in [1.29, 1.82) is 0 Å². The maximum absolute atomic E-state index is 10.2. The fourth-order valence-electron chi connectivity index (χ4n) is 5.50.